The van der Waals surface area contributed by atoms with Crippen LogP contribution in [0.5, 0.6) is 0 Å². The maximum Gasteiger partial charge on any atom is 0.0216 e. The first kappa shape index (κ1) is 12.3. The van der Waals surface area contributed by atoms with E-state index in [2.05, 4.69) is 45.0 Å². The Morgan fingerprint density at radius 2 is 1.73 bits per heavy atom. The predicted molar refractivity (Wildman–Crippen MR) is 69.2 cm³/mol. The lowest BCUT2D eigenvalue weighted by molar-refractivity contribution is 1.10. The molecule has 0 bridgehead atoms. The Kier molecular flexibility index (Phi) is 4.90. The van der Waals surface area contributed by atoms with E-state index in [-0.39, 0.29) is 0 Å². The molecule has 0 spiro atoms. The van der Waals surface area contributed by atoms with Gasteiger partial charge in [0, 0.05) is 5.03 Å². The van der Waals surface area contributed by atoms with E-state index < -0.39 is 0 Å². The summed E-state index contributed by atoms with van der Waals surface area (Å²) in [7, 11) is 0. The summed E-state index contributed by atoms with van der Waals surface area (Å²) >= 11 is 6.27. The van der Waals surface area contributed by atoms with E-state index in [1.54, 1.807) is 0 Å². The molecule has 15 heavy (non-hydrogen) atoms. The number of halogens is 1. The van der Waals surface area contributed by atoms with Crippen LogP contribution in [-0.4, -0.2) is 0 Å². The minimum absolute atomic E-state index is 0.919. The van der Waals surface area contributed by atoms with Gasteiger partial charge in [0.05, 0.1) is 0 Å². The fourth-order valence-corrected chi connectivity index (χ4v) is 2.10. The summed E-state index contributed by atoms with van der Waals surface area (Å²) in [4.78, 5) is 0. The number of allylic oxidation sites excluding steroid dienone is 2. The highest BCUT2D eigenvalue weighted by atomic mass is 35.5. The Balaban J connectivity index is 3.24. The molecule has 0 unspecified atom stereocenters. The second kappa shape index (κ2) is 5.97. The fourth-order valence-electron chi connectivity index (χ4n) is 1.86. The van der Waals surface area contributed by atoms with Crippen molar-refractivity contribution >= 4 is 17.2 Å². The molecule has 0 heterocycles. The number of aryl methyl sites for hydroxylation is 1. The van der Waals surface area contributed by atoms with Gasteiger partial charge < -0.3 is 0 Å². The second-order valence-electron chi connectivity index (χ2n) is 3.60. The molecule has 1 aromatic carbocycles. The molecule has 0 radical (unpaired) electrons. The Hall–Kier alpha value is -0.750. The van der Waals surface area contributed by atoms with Gasteiger partial charge in [-0.2, -0.15) is 0 Å². The first-order chi connectivity index (χ1) is 7.24. The van der Waals surface area contributed by atoms with Crippen molar-refractivity contribution in [3.8, 4) is 0 Å². The monoisotopic (exact) mass is 222 g/mol. The van der Waals surface area contributed by atoms with Crippen LogP contribution in [-0.2, 0) is 6.42 Å². The lowest BCUT2D eigenvalue weighted by atomic mass is 9.95. The average molecular weight is 223 g/mol. The minimum Gasteiger partial charge on any atom is -0.0888 e. The average Bonchev–Trinajstić information content (AvgIpc) is 2.30. The third kappa shape index (κ3) is 2.85. The fraction of sp³-hybridized carbons (Fsp3) is 0.429. The van der Waals surface area contributed by atoms with Gasteiger partial charge in [0.2, 0.25) is 0 Å². The van der Waals surface area contributed by atoms with Crippen LogP contribution in [0.4, 0.5) is 0 Å². The highest BCUT2D eigenvalue weighted by Crippen LogP contribution is 2.29. The highest BCUT2D eigenvalue weighted by molar-refractivity contribution is 6.32. The summed E-state index contributed by atoms with van der Waals surface area (Å²) in [6.45, 7) is 6.46. The van der Waals surface area contributed by atoms with Crippen LogP contribution in [0.1, 0.15) is 44.7 Å². The highest BCUT2D eigenvalue weighted by Gasteiger charge is 2.07. The van der Waals surface area contributed by atoms with E-state index in [0.717, 1.165) is 24.3 Å². The molecule has 0 fully saturated rings. The van der Waals surface area contributed by atoms with Gasteiger partial charge >= 0.3 is 0 Å². The zero-order valence-electron chi connectivity index (χ0n) is 9.81. The first-order valence-corrected chi connectivity index (χ1v) is 6.08. The lowest BCUT2D eigenvalue weighted by Gasteiger charge is -2.12. The first-order valence-electron chi connectivity index (χ1n) is 5.70. The summed E-state index contributed by atoms with van der Waals surface area (Å²) in [5, 5.41) is 0.999. The molecule has 0 aliphatic heterocycles. The Bertz CT molecular complexity index is 350. The summed E-state index contributed by atoms with van der Waals surface area (Å²) in [5.41, 5.74) is 4.02. The topological polar surface area (TPSA) is 0 Å². The largest absolute Gasteiger partial charge is 0.0888 e. The maximum atomic E-state index is 6.27. The number of hydrogen-bond donors (Lipinski definition) is 0. The van der Waals surface area contributed by atoms with Crippen molar-refractivity contribution in [1.29, 1.82) is 0 Å². The summed E-state index contributed by atoms with van der Waals surface area (Å²) in [5.74, 6) is 0. The van der Waals surface area contributed by atoms with Crippen molar-refractivity contribution in [2.75, 3.05) is 0 Å². The Labute approximate surface area is 98.0 Å². The van der Waals surface area contributed by atoms with Crippen LogP contribution in [0.15, 0.2) is 29.3 Å². The minimum atomic E-state index is 0.919. The molecule has 0 aromatic heterocycles. The lowest BCUT2D eigenvalue weighted by Crippen LogP contribution is -1.93. The normalized spacial score (nSPS) is 12.5. The Morgan fingerprint density at radius 3 is 2.27 bits per heavy atom. The SMILES string of the molecule is CCC(Cl)=C(CC)c1ccccc1CC. The summed E-state index contributed by atoms with van der Waals surface area (Å²) in [6.07, 6.45) is 2.99. The summed E-state index contributed by atoms with van der Waals surface area (Å²) < 4.78 is 0. The van der Waals surface area contributed by atoms with Gasteiger partial charge in [-0.15, -0.1) is 0 Å². The molecule has 0 saturated heterocycles. The van der Waals surface area contributed by atoms with E-state index in [0.29, 0.717) is 0 Å². The Morgan fingerprint density at radius 1 is 1.07 bits per heavy atom. The molecule has 0 N–H and O–H groups in total. The molecule has 1 aromatic rings. The molecule has 82 valence electrons. The zero-order valence-corrected chi connectivity index (χ0v) is 10.6. The quantitative estimate of drug-likeness (QED) is 0.671. The third-order valence-electron chi connectivity index (χ3n) is 2.71. The number of rotatable bonds is 4. The smallest absolute Gasteiger partial charge is 0.0216 e. The molecule has 0 aliphatic carbocycles. The van der Waals surface area contributed by atoms with Crippen molar-refractivity contribution in [3.05, 3.63) is 40.4 Å². The summed E-state index contributed by atoms with van der Waals surface area (Å²) in [6, 6.07) is 8.54. The molecular formula is C14H19Cl. The predicted octanol–water partition coefficient (Wildman–Crippen LogP) is 5.02. The molecule has 0 saturated carbocycles. The van der Waals surface area contributed by atoms with E-state index in [1.807, 2.05) is 0 Å². The van der Waals surface area contributed by atoms with Gasteiger partial charge in [-0.05, 0) is 36.0 Å². The van der Waals surface area contributed by atoms with Crippen LogP contribution >= 0.6 is 11.6 Å². The van der Waals surface area contributed by atoms with Gasteiger partial charge in [-0.3, -0.25) is 0 Å². The van der Waals surface area contributed by atoms with E-state index in [1.165, 1.54) is 16.7 Å². The third-order valence-corrected chi connectivity index (χ3v) is 3.21. The van der Waals surface area contributed by atoms with E-state index in [4.69, 9.17) is 11.6 Å². The van der Waals surface area contributed by atoms with Crippen molar-refractivity contribution in [2.24, 2.45) is 0 Å². The zero-order chi connectivity index (χ0) is 11.3. The van der Waals surface area contributed by atoms with Crippen LogP contribution in [0.2, 0.25) is 0 Å². The molecule has 0 amide bonds. The van der Waals surface area contributed by atoms with Gasteiger partial charge in [-0.1, -0.05) is 56.6 Å². The van der Waals surface area contributed by atoms with Crippen LogP contribution in [0, 0.1) is 0 Å². The van der Waals surface area contributed by atoms with Crippen LogP contribution in [0.25, 0.3) is 5.57 Å². The maximum absolute atomic E-state index is 6.27. The van der Waals surface area contributed by atoms with Gasteiger partial charge in [0.1, 0.15) is 0 Å². The second-order valence-corrected chi connectivity index (χ2v) is 4.06. The molecule has 0 atom stereocenters. The molecule has 1 heteroatoms. The molecule has 1 rings (SSSR count). The molecular weight excluding hydrogens is 204 g/mol. The number of benzene rings is 1. The molecule has 0 nitrogen and oxygen atoms in total. The van der Waals surface area contributed by atoms with E-state index in [9.17, 15) is 0 Å². The van der Waals surface area contributed by atoms with Gasteiger partial charge in [0.15, 0.2) is 0 Å². The number of hydrogen-bond acceptors (Lipinski definition) is 0. The van der Waals surface area contributed by atoms with Crippen molar-refractivity contribution in [3.63, 3.8) is 0 Å². The standard InChI is InChI=1S/C14H19Cl/c1-4-11-9-7-8-10-13(11)12(5-2)14(15)6-3/h7-10H,4-6H2,1-3H3. The van der Waals surface area contributed by atoms with Crippen LogP contribution in [0.3, 0.4) is 0 Å². The molecule has 0 aliphatic rings. The van der Waals surface area contributed by atoms with Crippen molar-refractivity contribution in [1.82, 2.24) is 0 Å². The van der Waals surface area contributed by atoms with Gasteiger partial charge in [0.25, 0.3) is 0 Å². The van der Waals surface area contributed by atoms with Gasteiger partial charge in [-0.25, -0.2) is 0 Å². The van der Waals surface area contributed by atoms with Crippen molar-refractivity contribution < 1.29 is 0 Å². The van der Waals surface area contributed by atoms with Crippen LogP contribution < -0.4 is 0 Å². The van der Waals surface area contributed by atoms with E-state index >= 15 is 0 Å². The van der Waals surface area contributed by atoms with Crippen molar-refractivity contribution in [2.45, 2.75) is 40.0 Å².